The van der Waals surface area contributed by atoms with Gasteiger partial charge in [0.1, 0.15) is 0 Å². The number of nitrogen functional groups attached to an aromatic ring is 1. The van der Waals surface area contributed by atoms with Crippen LogP contribution in [0.5, 0.6) is 0 Å². The van der Waals surface area contributed by atoms with Crippen molar-refractivity contribution >= 4 is 17.3 Å². The molecule has 2 aliphatic rings. The van der Waals surface area contributed by atoms with Gasteiger partial charge in [-0.25, -0.2) is 0 Å². The predicted molar refractivity (Wildman–Crippen MR) is 68.8 cm³/mol. The van der Waals surface area contributed by atoms with Crippen molar-refractivity contribution in [3.05, 3.63) is 23.8 Å². The summed E-state index contributed by atoms with van der Waals surface area (Å²) in [6.45, 7) is 2.88. The zero-order valence-electron chi connectivity index (χ0n) is 10.1. The van der Waals surface area contributed by atoms with E-state index >= 15 is 0 Å². The number of fused-ring (bicyclic) bond motifs is 1. The smallest absolute Gasteiger partial charge is 0.230 e. The lowest BCUT2D eigenvalue weighted by molar-refractivity contribution is -0.122. The number of carbonyl (C=O) groups excluding carboxylic acids is 1. The molecule has 0 bridgehead atoms. The molecule has 1 atom stereocenters. The molecule has 17 heavy (non-hydrogen) atoms. The predicted octanol–water partition coefficient (Wildman–Crippen LogP) is 2.20. The molecular weight excluding hydrogens is 212 g/mol. The second kappa shape index (κ2) is 3.76. The highest BCUT2D eigenvalue weighted by Gasteiger charge is 2.36. The van der Waals surface area contributed by atoms with Gasteiger partial charge < -0.3 is 10.6 Å². The number of rotatable bonds is 2. The molecule has 1 aliphatic heterocycles. The Morgan fingerprint density at radius 1 is 1.47 bits per heavy atom. The van der Waals surface area contributed by atoms with E-state index in [1.165, 1.54) is 18.4 Å². The maximum absolute atomic E-state index is 12.4. The second-order valence-electron chi connectivity index (χ2n) is 5.25. The Morgan fingerprint density at radius 3 is 2.94 bits per heavy atom. The highest BCUT2D eigenvalue weighted by molar-refractivity contribution is 5.97. The van der Waals surface area contributed by atoms with E-state index in [0.29, 0.717) is 5.92 Å². The first-order valence-corrected chi connectivity index (χ1v) is 6.36. The number of carbonyl (C=O) groups is 1. The number of amides is 1. The largest absolute Gasteiger partial charge is 0.399 e. The zero-order chi connectivity index (χ0) is 12.0. The molecule has 1 aromatic rings. The first-order chi connectivity index (χ1) is 8.16. The van der Waals surface area contributed by atoms with Crippen molar-refractivity contribution in [2.75, 3.05) is 17.2 Å². The Balaban J connectivity index is 1.85. The quantitative estimate of drug-likeness (QED) is 0.792. The minimum atomic E-state index is 0.179. The summed E-state index contributed by atoms with van der Waals surface area (Å²) in [4.78, 5) is 14.3. The molecule has 3 nitrogen and oxygen atoms in total. The summed E-state index contributed by atoms with van der Waals surface area (Å²) in [5.74, 6) is 1.09. The van der Waals surface area contributed by atoms with Crippen LogP contribution in [0.15, 0.2) is 18.2 Å². The number of hydrogen-bond acceptors (Lipinski definition) is 2. The zero-order valence-corrected chi connectivity index (χ0v) is 10.1. The third kappa shape index (κ3) is 1.79. The maximum atomic E-state index is 12.4. The van der Waals surface area contributed by atoms with Crippen LogP contribution in [0.4, 0.5) is 11.4 Å². The normalized spacial score (nSPS) is 20.2. The molecule has 1 aliphatic carbocycles. The number of hydrogen-bond donors (Lipinski definition) is 1. The van der Waals surface area contributed by atoms with Gasteiger partial charge in [0, 0.05) is 23.8 Å². The maximum Gasteiger partial charge on any atom is 0.230 e. The fourth-order valence-corrected chi connectivity index (χ4v) is 2.69. The molecule has 0 spiro atoms. The molecule has 1 heterocycles. The van der Waals surface area contributed by atoms with Crippen LogP contribution in [0, 0.1) is 11.8 Å². The first-order valence-electron chi connectivity index (χ1n) is 6.36. The summed E-state index contributed by atoms with van der Waals surface area (Å²) < 4.78 is 0. The summed E-state index contributed by atoms with van der Waals surface area (Å²) in [7, 11) is 0. The van der Waals surface area contributed by atoms with Crippen LogP contribution in [0.2, 0.25) is 0 Å². The van der Waals surface area contributed by atoms with E-state index < -0.39 is 0 Å². The molecule has 1 amide bonds. The molecule has 0 radical (unpaired) electrons. The number of benzene rings is 1. The van der Waals surface area contributed by atoms with E-state index in [0.717, 1.165) is 24.3 Å². The van der Waals surface area contributed by atoms with Gasteiger partial charge in [-0.1, -0.05) is 6.92 Å². The molecule has 1 saturated carbocycles. The van der Waals surface area contributed by atoms with Crippen molar-refractivity contribution in [2.45, 2.75) is 26.2 Å². The molecule has 2 N–H and O–H groups in total. The molecule has 90 valence electrons. The monoisotopic (exact) mass is 230 g/mol. The van der Waals surface area contributed by atoms with Crippen LogP contribution >= 0.6 is 0 Å². The van der Waals surface area contributed by atoms with Crippen molar-refractivity contribution in [1.82, 2.24) is 0 Å². The topological polar surface area (TPSA) is 46.3 Å². The minimum Gasteiger partial charge on any atom is -0.399 e. The molecule has 1 aromatic carbocycles. The van der Waals surface area contributed by atoms with Crippen LogP contribution in [-0.2, 0) is 11.2 Å². The van der Waals surface area contributed by atoms with Gasteiger partial charge in [-0.2, -0.15) is 0 Å². The Morgan fingerprint density at radius 2 is 2.24 bits per heavy atom. The van der Waals surface area contributed by atoms with E-state index in [1.807, 2.05) is 23.1 Å². The van der Waals surface area contributed by atoms with Crippen LogP contribution in [0.3, 0.4) is 0 Å². The van der Waals surface area contributed by atoms with Crippen molar-refractivity contribution in [3.63, 3.8) is 0 Å². The molecule has 0 saturated heterocycles. The molecule has 3 rings (SSSR count). The van der Waals surface area contributed by atoms with Crippen molar-refractivity contribution in [1.29, 1.82) is 0 Å². The molecule has 3 heteroatoms. The highest BCUT2D eigenvalue weighted by atomic mass is 16.2. The van der Waals surface area contributed by atoms with E-state index in [2.05, 4.69) is 6.92 Å². The Kier molecular flexibility index (Phi) is 2.35. The lowest BCUT2D eigenvalue weighted by Crippen LogP contribution is -2.34. The van der Waals surface area contributed by atoms with Crippen LogP contribution in [0.1, 0.15) is 25.3 Å². The van der Waals surface area contributed by atoms with Crippen LogP contribution in [0.25, 0.3) is 0 Å². The second-order valence-corrected chi connectivity index (χ2v) is 5.25. The number of nitrogens with zero attached hydrogens (tertiary/aromatic N) is 1. The van der Waals surface area contributed by atoms with Gasteiger partial charge in [0.25, 0.3) is 0 Å². The average molecular weight is 230 g/mol. The van der Waals surface area contributed by atoms with Crippen molar-refractivity contribution in [3.8, 4) is 0 Å². The van der Waals surface area contributed by atoms with Gasteiger partial charge in [-0.3, -0.25) is 4.79 Å². The lowest BCUT2D eigenvalue weighted by atomic mass is 10.0. The van der Waals surface area contributed by atoms with Gasteiger partial charge in [0.2, 0.25) is 5.91 Å². The number of anilines is 2. The highest BCUT2D eigenvalue weighted by Crippen LogP contribution is 2.39. The molecule has 1 unspecified atom stereocenters. The third-order valence-electron chi connectivity index (χ3n) is 3.98. The fourth-order valence-electron chi connectivity index (χ4n) is 2.69. The third-order valence-corrected chi connectivity index (χ3v) is 3.98. The van der Waals surface area contributed by atoms with Gasteiger partial charge in [0.15, 0.2) is 0 Å². The average Bonchev–Trinajstić information content (AvgIpc) is 3.08. The fraction of sp³-hybridized carbons (Fsp3) is 0.500. The van der Waals surface area contributed by atoms with E-state index in [1.54, 1.807) is 0 Å². The van der Waals surface area contributed by atoms with Gasteiger partial charge in [-0.05, 0) is 48.9 Å². The van der Waals surface area contributed by atoms with Gasteiger partial charge in [-0.15, -0.1) is 0 Å². The summed E-state index contributed by atoms with van der Waals surface area (Å²) in [5, 5.41) is 0. The first kappa shape index (κ1) is 10.6. The van der Waals surface area contributed by atoms with Crippen molar-refractivity contribution in [2.24, 2.45) is 11.8 Å². The summed E-state index contributed by atoms with van der Waals surface area (Å²) in [6.07, 6.45) is 3.37. The summed E-state index contributed by atoms with van der Waals surface area (Å²) >= 11 is 0. The standard InChI is InChI=1S/C14H18N2O/c1-9(10-2-3-10)14(17)16-7-6-11-8-12(15)4-5-13(11)16/h4-5,8-10H,2-3,6-7,15H2,1H3. The van der Waals surface area contributed by atoms with Gasteiger partial charge in [0.05, 0.1) is 0 Å². The Hall–Kier alpha value is -1.51. The van der Waals surface area contributed by atoms with E-state index in [9.17, 15) is 4.79 Å². The molecule has 0 aromatic heterocycles. The SMILES string of the molecule is CC(C(=O)N1CCc2cc(N)ccc21)C1CC1. The summed E-state index contributed by atoms with van der Waals surface area (Å²) in [6, 6.07) is 5.85. The Bertz CT molecular complexity index is 465. The van der Waals surface area contributed by atoms with Crippen molar-refractivity contribution < 1.29 is 4.79 Å². The summed E-state index contributed by atoms with van der Waals surface area (Å²) in [5.41, 5.74) is 8.83. The minimum absolute atomic E-state index is 0.179. The Labute approximate surface area is 102 Å². The number of nitrogens with two attached hydrogens (primary N) is 1. The lowest BCUT2D eigenvalue weighted by Gasteiger charge is -2.21. The van der Waals surface area contributed by atoms with E-state index in [4.69, 9.17) is 5.73 Å². The van der Waals surface area contributed by atoms with E-state index in [-0.39, 0.29) is 11.8 Å². The van der Waals surface area contributed by atoms with Crippen LogP contribution < -0.4 is 10.6 Å². The van der Waals surface area contributed by atoms with Crippen LogP contribution in [-0.4, -0.2) is 12.5 Å². The molecule has 1 fully saturated rings. The molecular formula is C14H18N2O. The van der Waals surface area contributed by atoms with Gasteiger partial charge >= 0.3 is 0 Å².